The number of carboxylic acid groups (broad SMARTS) is 1. The number of aryl methyl sites for hydroxylation is 1. The molecule has 1 aromatic heterocycles. The zero-order chi connectivity index (χ0) is 16.1. The second-order valence-corrected chi connectivity index (χ2v) is 5.07. The summed E-state index contributed by atoms with van der Waals surface area (Å²) in [7, 11) is 0. The third-order valence-corrected chi connectivity index (χ3v) is 3.35. The van der Waals surface area contributed by atoms with Crippen molar-refractivity contribution in [2.45, 2.75) is 26.7 Å². The standard InChI is InChI=1S/C16H18N2O4/c1-3-13-14(17-9-22-13)15(19)18-12-6-4-11(5-7-12)8-10(2)16(20)21/h4-7,9-10H,3,8H2,1-2H3,(H,18,19)(H,20,21). The predicted molar refractivity (Wildman–Crippen MR) is 80.8 cm³/mol. The van der Waals surface area contributed by atoms with Crippen LogP contribution < -0.4 is 5.32 Å². The summed E-state index contributed by atoms with van der Waals surface area (Å²) in [4.78, 5) is 26.8. The van der Waals surface area contributed by atoms with Gasteiger partial charge < -0.3 is 14.8 Å². The number of amides is 1. The highest BCUT2D eigenvalue weighted by Gasteiger charge is 2.16. The van der Waals surface area contributed by atoms with Crippen LogP contribution in [0.3, 0.4) is 0 Å². The number of carboxylic acids is 1. The van der Waals surface area contributed by atoms with E-state index in [1.807, 2.05) is 6.92 Å². The molecule has 1 unspecified atom stereocenters. The Hall–Kier alpha value is -2.63. The van der Waals surface area contributed by atoms with E-state index in [1.165, 1.54) is 6.39 Å². The van der Waals surface area contributed by atoms with Crippen molar-refractivity contribution in [2.24, 2.45) is 5.92 Å². The SMILES string of the molecule is CCc1ocnc1C(=O)Nc1ccc(CC(C)C(=O)O)cc1. The maximum atomic E-state index is 12.1. The molecular weight excluding hydrogens is 284 g/mol. The molecule has 1 aromatic carbocycles. The van der Waals surface area contributed by atoms with Crippen molar-refractivity contribution in [2.75, 3.05) is 5.32 Å². The number of aliphatic carboxylic acids is 1. The number of nitrogens with one attached hydrogen (secondary N) is 1. The fourth-order valence-corrected chi connectivity index (χ4v) is 2.06. The molecule has 2 rings (SSSR count). The van der Waals surface area contributed by atoms with Crippen molar-refractivity contribution in [1.29, 1.82) is 0 Å². The summed E-state index contributed by atoms with van der Waals surface area (Å²) in [5.41, 5.74) is 1.82. The van der Waals surface area contributed by atoms with Crippen molar-refractivity contribution in [3.05, 3.63) is 47.7 Å². The van der Waals surface area contributed by atoms with Crippen molar-refractivity contribution < 1.29 is 19.1 Å². The molecule has 0 saturated carbocycles. The van der Waals surface area contributed by atoms with Gasteiger partial charge in [-0.2, -0.15) is 0 Å². The second-order valence-electron chi connectivity index (χ2n) is 5.07. The summed E-state index contributed by atoms with van der Waals surface area (Å²) >= 11 is 0. The summed E-state index contributed by atoms with van der Waals surface area (Å²) < 4.78 is 5.13. The van der Waals surface area contributed by atoms with E-state index in [4.69, 9.17) is 9.52 Å². The molecule has 0 bridgehead atoms. The lowest BCUT2D eigenvalue weighted by Crippen LogP contribution is -2.14. The fraction of sp³-hybridized carbons (Fsp3) is 0.312. The number of carbonyl (C=O) groups excluding carboxylic acids is 1. The number of aromatic nitrogens is 1. The van der Waals surface area contributed by atoms with Crippen LogP contribution in [0.1, 0.15) is 35.7 Å². The van der Waals surface area contributed by atoms with Gasteiger partial charge in [0, 0.05) is 12.1 Å². The maximum Gasteiger partial charge on any atom is 0.306 e. The average Bonchev–Trinajstić information content (AvgIpc) is 2.97. The monoisotopic (exact) mass is 302 g/mol. The lowest BCUT2D eigenvalue weighted by Gasteiger charge is -2.08. The van der Waals surface area contributed by atoms with E-state index in [-0.39, 0.29) is 11.6 Å². The highest BCUT2D eigenvalue weighted by atomic mass is 16.4. The van der Waals surface area contributed by atoms with E-state index < -0.39 is 11.9 Å². The normalized spacial score (nSPS) is 11.9. The Morgan fingerprint density at radius 1 is 1.32 bits per heavy atom. The zero-order valence-corrected chi connectivity index (χ0v) is 12.5. The van der Waals surface area contributed by atoms with E-state index in [0.717, 1.165) is 5.56 Å². The molecule has 116 valence electrons. The van der Waals surface area contributed by atoms with Crippen LogP contribution in [0.4, 0.5) is 5.69 Å². The molecule has 0 spiro atoms. The molecule has 2 N–H and O–H groups in total. The van der Waals surface area contributed by atoms with Gasteiger partial charge in [0.15, 0.2) is 12.1 Å². The lowest BCUT2D eigenvalue weighted by molar-refractivity contribution is -0.141. The van der Waals surface area contributed by atoms with Gasteiger partial charge in [-0.3, -0.25) is 9.59 Å². The predicted octanol–water partition coefficient (Wildman–Crippen LogP) is 2.75. The lowest BCUT2D eigenvalue weighted by atomic mass is 10.0. The number of nitrogens with zero attached hydrogens (tertiary/aromatic N) is 1. The topological polar surface area (TPSA) is 92.4 Å². The molecule has 1 amide bonds. The van der Waals surface area contributed by atoms with Crippen LogP contribution in [0.5, 0.6) is 0 Å². The Bertz CT molecular complexity index is 661. The minimum atomic E-state index is -0.824. The van der Waals surface area contributed by atoms with Gasteiger partial charge in [-0.05, 0) is 24.1 Å². The molecule has 0 saturated heterocycles. The molecule has 6 heteroatoms. The number of benzene rings is 1. The van der Waals surface area contributed by atoms with Crippen LogP contribution in [0.2, 0.25) is 0 Å². The van der Waals surface area contributed by atoms with E-state index in [9.17, 15) is 9.59 Å². The minimum Gasteiger partial charge on any atom is -0.481 e. The van der Waals surface area contributed by atoms with Crippen LogP contribution >= 0.6 is 0 Å². The van der Waals surface area contributed by atoms with Crippen molar-refractivity contribution >= 4 is 17.6 Å². The highest BCUT2D eigenvalue weighted by molar-refractivity contribution is 6.03. The number of carbonyl (C=O) groups is 2. The van der Waals surface area contributed by atoms with E-state index in [1.54, 1.807) is 31.2 Å². The summed E-state index contributed by atoms with van der Waals surface area (Å²) in [6.45, 7) is 3.55. The summed E-state index contributed by atoms with van der Waals surface area (Å²) in [5.74, 6) is -1.04. The average molecular weight is 302 g/mol. The Kier molecular flexibility index (Phi) is 4.93. The first-order valence-electron chi connectivity index (χ1n) is 7.06. The Morgan fingerprint density at radius 2 is 2.00 bits per heavy atom. The quantitative estimate of drug-likeness (QED) is 0.856. The molecule has 1 atom stereocenters. The summed E-state index contributed by atoms with van der Waals surface area (Å²) in [5, 5.41) is 11.6. The van der Waals surface area contributed by atoms with Crippen molar-refractivity contribution in [1.82, 2.24) is 4.98 Å². The first kappa shape index (κ1) is 15.8. The molecule has 22 heavy (non-hydrogen) atoms. The third-order valence-electron chi connectivity index (χ3n) is 3.35. The molecule has 6 nitrogen and oxygen atoms in total. The van der Waals surface area contributed by atoms with Gasteiger partial charge in [0.2, 0.25) is 0 Å². The highest BCUT2D eigenvalue weighted by Crippen LogP contribution is 2.15. The molecule has 0 aliphatic carbocycles. The molecule has 0 aliphatic heterocycles. The fourth-order valence-electron chi connectivity index (χ4n) is 2.06. The van der Waals surface area contributed by atoms with Crippen molar-refractivity contribution in [3.63, 3.8) is 0 Å². The molecular formula is C16H18N2O4. The molecule has 0 fully saturated rings. The first-order chi connectivity index (χ1) is 10.5. The van der Waals surface area contributed by atoms with Gasteiger partial charge in [-0.15, -0.1) is 0 Å². The van der Waals surface area contributed by atoms with Gasteiger partial charge in [0.05, 0.1) is 5.92 Å². The van der Waals surface area contributed by atoms with E-state index >= 15 is 0 Å². The molecule has 0 radical (unpaired) electrons. The maximum absolute atomic E-state index is 12.1. The third kappa shape index (κ3) is 3.72. The smallest absolute Gasteiger partial charge is 0.306 e. The Balaban J connectivity index is 2.02. The first-order valence-corrected chi connectivity index (χ1v) is 7.06. The number of rotatable bonds is 6. The van der Waals surface area contributed by atoms with Gasteiger partial charge >= 0.3 is 5.97 Å². The van der Waals surface area contributed by atoms with Crippen LogP contribution in [0, 0.1) is 5.92 Å². The van der Waals surface area contributed by atoms with Crippen LogP contribution in [0.15, 0.2) is 35.1 Å². The summed E-state index contributed by atoms with van der Waals surface area (Å²) in [6, 6.07) is 7.10. The van der Waals surface area contributed by atoms with E-state index in [2.05, 4.69) is 10.3 Å². The zero-order valence-electron chi connectivity index (χ0n) is 12.5. The Labute approximate surface area is 128 Å². The Morgan fingerprint density at radius 3 is 2.59 bits per heavy atom. The van der Waals surface area contributed by atoms with Crippen LogP contribution in [-0.4, -0.2) is 22.0 Å². The van der Waals surface area contributed by atoms with Gasteiger partial charge in [0.1, 0.15) is 5.76 Å². The largest absolute Gasteiger partial charge is 0.481 e. The number of anilines is 1. The second kappa shape index (κ2) is 6.89. The van der Waals surface area contributed by atoms with Crippen LogP contribution in [-0.2, 0) is 17.6 Å². The molecule has 1 heterocycles. The number of hydrogen-bond acceptors (Lipinski definition) is 4. The van der Waals surface area contributed by atoms with Crippen molar-refractivity contribution in [3.8, 4) is 0 Å². The van der Waals surface area contributed by atoms with Gasteiger partial charge in [-0.25, -0.2) is 4.98 Å². The molecule has 0 aliphatic rings. The minimum absolute atomic E-state index is 0.283. The van der Waals surface area contributed by atoms with Crippen LogP contribution in [0.25, 0.3) is 0 Å². The number of oxazole rings is 1. The molecule has 2 aromatic rings. The van der Waals surface area contributed by atoms with Gasteiger partial charge in [-0.1, -0.05) is 26.0 Å². The van der Waals surface area contributed by atoms with E-state index in [0.29, 0.717) is 24.3 Å². The van der Waals surface area contributed by atoms with Gasteiger partial charge in [0.25, 0.3) is 5.91 Å². The number of hydrogen-bond donors (Lipinski definition) is 2. The summed E-state index contributed by atoms with van der Waals surface area (Å²) in [6.07, 6.45) is 2.30.